The van der Waals surface area contributed by atoms with Gasteiger partial charge in [0, 0.05) is 48.2 Å². The number of nitrogens with one attached hydrogen (secondary N) is 1. The van der Waals surface area contributed by atoms with E-state index in [-0.39, 0.29) is 36.1 Å². The van der Waals surface area contributed by atoms with Crippen molar-refractivity contribution in [2.45, 2.75) is 86.0 Å². The number of hydrogen-bond acceptors (Lipinski definition) is 7. The molecule has 2 aromatic heterocycles. The zero-order chi connectivity index (χ0) is 32.4. The number of fused-ring (bicyclic) bond motifs is 5. The molecule has 45 heavy (non-hydrogen) atoms. The number of benzene rings is 2. The van der Waals surface area contributed by atoms with E-state index >= 15 is 0 Å². The summed E-state index contributed by atoms with van der Waals surface area (Å²) in [7, 11) is 0. The van der Waals surface area contributed by atoms with Crippen LogP contribution in [-0.2, 0) is 27.4 Å². The molecule has 11 nitrogen and oxygen atoms in total. The van der Waals surface area contributed by atoms with Crippen molar-refractivity contribution in [3.63, 3.8) is 0 Å². The largest absolute Gasteiger partial charge is 0.373 e. The minimum absolute atomic E-state index is 0.0785. The first-order valence-corrected chi connectivity index (χ1v) is 15.5. The Labute approximate surface area is 265 Å². The Morgan fingerprint density at radius 1 is 0.956 bits per heavy atom. The molecule has 0 unspecified atom stereocenters. The van der Waals surface area contributed by atoms with Crippen LogP contribution >= 0.6 is 0 Å². The second-order valence-corrected chi connectivity index (χ2v) is 13.5. The topological polar surface area (TPSA) is 120 Å². The highest BCUT2D eigenvalue weighted by molar-refractivity contribution is 6.01. The molecule has 2 amide bonds. The molecular weight excluding hydrogens is 568 g/mol. The number of anilines is 1. The predicted molar refractivity (Wildman–Crippen MR) is 173 cm³/mol. The van der Waals surface area contributed by atoms with Crippen LogP contribution < -0.4 is 10.2 Å². The monoisotopic (exact) mass is 612 g/mol. The Kier molecular flexibility index (Phi) is 9.20. The van der Waals surface area contributed by atoms with Gasteiger partial charge in [-0.05, 0) is 46.2 Å². The van der Waals surface area contributed by atoms with Crippen LogP contribution in [0.2, 0.25) is 0 Å². The third-order valence-corrected chi connectivity index (χ3v) is 7.92. The summed E-state index contributed by atoms with van der Waals surface area (Å²) in [5, 5.41) is 20.2. The van der Waals surface area contributed by atoms with Crippen LogP contribution in [0, 0.1) is 12.3 Å². The molecule has 1 N–H and O–H groups in total. The van der Waals surface area contributed by atoms with Gasteiger partial charge in [-0.15, -0.1) is 10.2 Å². The maximum atomic E-state index is 13.8. The summed E-state index contributed by atoms with van der Waals surface area (Å²) in [6.45, 7) is 16.0. The molecule has 5 rings (SSSR count). The van der Waals surface area contributed by atoms with Crippen molar-refractivity contribution in [1.82, 2.24) is 35.3 Å². The summed E-state index contributed by atoms with van der Waals surface area (Å²) < 4.78 is 9.95. The molecule has 0 spiro atoms. The normalized spacial score (nSPS) is 13.1. The number of hydrogen-bond donors (Lipinski definition) is 1. The van der Waals surface area contributed by atoms with Crippen molar-refractivity contribution >= 4 is 17.5 Å². The Bertz CT molecular complexity index is 1670. The van der Waals surface area contributed by atoms with E-state index in [1.54, 1.807) is 9.58 Å². The van der Waals surface area contributed by atoms with Crippen molar-refractivity contribution < 1.29 is 14.3 Å². The van der Waals surface area contributed by atoms with Gasteiger partial charge >= 0.3 is 0 Å². The third-order valence-electron chi connectivity index (χ3n) is 7.92. The summed E-state index contributed by atoms with van der Waals surface area (Å²) >= 11 is 0. The molecule has 2 aromatic carbocycles. The average Bonchev–Trinajstić information content (AvgIpc) is 3.62. The lowest BCUT2D eigenvalue weighted by Crippen LogP contribution is -2.41. The van der Waals surface area contributed by atoms with Gasteiger partial charge in [0.15, 0.2) is 0 Å². The smallest absolute Gasteiger partial charge is 0.227 e. The zero-order valence-electron chi connectivity index (χ0n) is 27.4. The number of carbonyl (C=O) groups excluding carboxylic acids is 2. The summed E-state index contributed by atoms with van der Waals surface area (Å²) in [5.74, 6) is -0.295. The van der Waals surface area contributed by atoms with Gasteiger partial charge in [0.25, 0.3) is 0 Å². The van der Waals surface area contributed by atoms with Gasteiger partial charge in [-0.2, -0.15) is 0 Å². The van der Waals surface area contributed by atoms with Crippen molar-refractivity contribution in [2.75, 3.05) is 18.1 Å². The second kappa shape index (κ2) is 12.9. The highest BCUT2D eigenvalue weighted by Gasteiger charge is 2.30. The van der Waals surface area contributed by atoms with E-state index in [4.69, 9.17) is 4.74 Å². The summed E-state index contributed by atoms with van der Waals surface area (Å²) in [6.07, 6.45) is 2.05. The van der Waals surface area contributed by atoms with E-state index < -0.39 is 5.60 Å². The fourth-order valence-electron chi connectivity index (χ4n) is 5.50. The van der Waals surface area contributed by atoms with E-state index in [2.05, 4.69) is 45.9 Å². The van der Waals surface area contributed by atoms with Crippen LogP contribution in [0.3, 0.4) is 0 Å². The number of carbonyl (C=O) groups is 2. The molecule has 0 bridgehead atoms. The molecule has 1 aliphatic heterocycles. The summed E-state index contributed by atoms with van der Waals surface area (Å²) in [6, 6.07) is 16.0. The molecule has 0 radical (unpaired) electrons. The molecule has 4 aromatic rings. The standard InChI is InChI=1S/C34H44N8O3/c1-23(2)42-32-26-13-9-8-12-25(26)19-41(28-15-11-10-14-27(28)31(32)37-39-42)30(44)17-16-29(43)35-20-33(4,5)22-45-34(6,7)21-40-18-24(3)36-38-40/h8-15,18,23H,16-17,19-22H2,1-7H3,(H,35,43). The van der Waals surface area contributed by atoms with Crippen LogP contribution in [0.1, 0.15) is 71.7 Å². The lowest BCUT2D eigenvalue weighted by atomic mass is 9.94. The van der Waals surface area contributed by atoms with E-state index in [0.717, 1.165) is 39.5 Å². The fourth-order valence-corrected chi connectivity index (χ4v) is 5.50. The third kappa shape index (κ3) is 7.47. The number of para-hydroxylation sites is 1. The first-order chi connectivity index (χ1) is 21.3. The van der Waals surface area contributed by atoms with Crippen molar-refractivity contribution in [3.05, 3.63) is 66.0 Å². The minimum Gasteiger partial charge on any atom is -0.373 e. The number of nitrogens with zero attached hydrogens (tertiary/aromatic N) is 7. The highest BCUT2D eigenvalue weighted by atomic mass is 16.5. The molecule has 0 fully saturated rings. The van der Waals surface area contributed by atoms with Crippen LogP contribution in [0.5, 0.6) is 0 Å². The van der Waals surface area contributed by atoms with E-state index in [0.29, 0.717) is 26.2 Å². The second-order valence-electron chi connectivity index (χ2n) is 13.5. The van der Waals surface area contributed by atoms with Gasteiger partial charge < -0.3 is 15.0 Å². The Morgan fingerprint density at radius 2 is 1.67 bits per heavy atom. The zero-order valence-corrected chi connectivity index (χ0v) is 27.4. The SMILES string of the molecule is Cc1cn(CC(C)(C)OCC(C)(C)CNC(=O)CCC(=O)N2Cc3ccccc3-c3c(nnn3C(C)C)-c3ccccc32)nn1. The first kappa shape index (κ1) is 32.0. The lowest BCUT2D eigenvalue weighted by Gasteiger charge is -2.32. The summed E-state index contributed by atoms with van der Waals surface area (Å²) in [4.78, 5) is 28.5. The molecule has 1 aliphatic rings. The fraction of sp³-hybridized carbons (Fsp3) is 0.471. The van der Waals surface area contributed by atoms with Gasteiger partial charge in [0.1, 0.15) is 5.69 Å². The summed E-state index contributed by atoms with van der Waals surface area (Å²) in [5.41, 5.74) is 5.38. The molecular formula is C34H44N8O3. The lowest BCUT2D eigenvalue weighted by molar-refractivity contribution is -0.126. The molecule has 0 atom stereocenters. The quantitative estimate of drug-likeness (QED) is 0.242. The van der Waals surface area contributed by atoms with E-state index in [1.807, 2.05) is 88.0 Å². The number of amides is 2. The number of aryl methyl sites for hydroxylation is 1. The predicted octanol–water partition coefficient (Wildman–Crippen LogP) is 5.36. The minimum atomic E-state index is -0.460. The maximum absolute atomic E-state index is 13.8. The molecule has 3 heterocycles. The highest BCUT2D eigenvalue weighted by Crippen LogP contribution is 2.41. The van der Waals surface area contributed by atoms with Gasteiger partial charge in [-0.1, -0.05) is 66.7 Å². The molecule has 238 valence electrons. The van der Waals surface area contributed by atoms with Gasteiger partial charge in [-0.25, -0.2) is 9.36 Å². The van der Waals surface area contributed by atoms with Gasteiger partial charge in [0.2, 0.25) is 11.8 Å². The molecule has 0 saturated heterocycles. The van der Waals surface area contributed by atoms with Gasteiger partial charge in [-0.3, -0.25) is 9.59 Å². The molecule has 0 aliphatic carbocycles. The average molecular weight is 613 g/mol. The van der Waals surface area contributed by atoms with Crippen molar-refractivity contribution in [2.24, 2.45) is 5.41 Å². The van der Waals surface area contributed by atoms with Crippen LogP contribution in [0.4, 0.5) is 5.69 Å². The Morgan fingerprint density at radius 3 is 2.38 bits per heavy atom. The van der Waals surface area contributed by atoms with Crippen LogP contribution in [0.15, 0.2) is 54.7 Å². The first-order valence-electron chi connectivity index (χ1n) is 15.5. The maximum Gasteiger partial charge on any atom is 0.227 e. The number of ether oxygens (including phenoxy) is 1. The van der Waals surface area contributed by atoms with Crippen molar-refractivity contribution in [1.29, 1.82) is 0 Å². The molecule has 11 heteroatoms. The Balaban J connectivity index is 1.24. The van der Waals surface area contributed by atoms with Crippen LogP contribution in [0.25, 0.3) is 22.5 Å². The number of rotatable bonds is 11. The number of aromatic nitrogens is 6. The van der Waals surface area contributed by atoms with E-state index in [9.17, 15) is 9.59 Å². The van der Waals surface area contributed by atoms with Gasteiger partial charge in [0.05, 0.1) is 42.4 Å². The van der Waals surface area contributed by atoms with Crippen LogP contribution in [-0.4, -0.2) is 60.6 Å². The molecule has 0 saturated carbocycles. The van der Waals surface area contributed by atoms with E-state index in [1.165, 1.54) is 0 Å². The van der Waals surface area contributed by atoms with Crippen molar-refractivity contribution in [3.8, 4) is 22.5 Å². The Hall–Kier alpha value is -4.38.